The Labute approximate surface area is 202 Å². The van der Waals surface area contributed by atoms with Crippen LogP contribution in [0.5, 0.6) is 0 Å². The van der Waals surface area contributed by atoms with E-state index < -0.39 is 0 Å². The molecule has 0 saturated carbocycles. The molecular formula is C28H36ClN3O. The Bertz CT molecular complexity index is 1030. The van der Waals surface area contributed by atoms with E-state index in [2.05, 4.69) is 33.8 Å². The molecule has 0 bridgehead atoms. The Morgan fingerprint density at radius 1 is 1.03 bits per heavy atom. The number of aromatic nitrogens is 1. The molecule has 1 aliphatic heterocycles. The van der Waals surface area contributed by atoms with Crippen molar-refractivity contribution in [1.82, 2.24) is 14.8 Å². The minimum Gasteiger partial charge on any atom is -0.348 e. The molecular weight excluding hydrogens is 430 g/mol. The summed E-state index contributed by atoms with van der Waals surface area (Å²) in [5.41, 5.74) is 2.92. The fourth-order valence-corrected chi connectivity index (χ4v) is 5.07. The number of carbonyl (C=O) groups is 1. The summed E-state index contributed by atoms with van der Waals surface area (Å²) in [6.45, 7) is 7.31. The van der Waals surface area contributed by atoms with Gasteiger partial charge in [0.15, 0.2) is 0 Å². The summed E-state index contributed by atoms with van der Waals surface area (Å²) in [6.07, 6.45) is 9.92. The van der Waals surface area contributed by atoms with Gasteiger partial charge in [0.25, 0.3) is 5.91 Å². The second-order valence-electron chi connectivity index (χ2n) is 9.34. The van der Waals surface area contributed by atoms with Gasteiger partial charge >= 0.3 is 0 Å². The average Bonchev–Trinajstić information content (AvgIpc) is 3.22. The molecule has 0 unspecified atom stereocenters. The van der Waals surface area contributed by atoms with E-state index in [-0.39, 0.29) is 5.91 Å². The molecule has 33 heavy (non-hydrogen) atoms. The number of nitrogens with one attached hydrogen (secondary N) is 1. The predicted molar refractivity (Wildman–Crippen MR) is 138 cm³/mol. The number of hydrogen-bond donors (Lipinski definition) is 1. The molecule has 2 heterocycles. The van der Waals surface area contributed by atoms with Gasteiger partial charge in [-0.05, 0) is 68.6 Å². The summed E-state index contributed by atoms with van der Waals surface area (Å²) >= 11 is 5.96. The number of aryl methyl sites for hydroxylation is 1. The maximum Gasteiger partial charge on any atom is 0.253 e. The SMILES string of the molecule is CCCCC1CCN(CCCn2cc(C(=O)NCc3ccc(Cl)cc3)c3ccccc32)CC1. The largest absolute Gasteiger partial charge is 0.348 e. The van der Waals surface area contributed by atoms with Crippen LogP contribution in [-0.4, -0.2) is 35.0 Å². The first-order valence-corrected chi connectivity index (χ1v) is 12.8. The van der Waals surface area contributed by atoms with Crippen molar-refractivity contribution < 1.29 is 4.79 Å². The maximum absolute atomic E-state index is 13.0. The van der Waals surface area contributed by atoms with Gasteiger partial charge in [0.2, 0.25) is 0 Å². The first kappa shape index (κ1) is 23.8. The number of fused-ring (bicyclic) bond motifs is 1. The smallest absolute Gasteiger partial charge is 0.253 e. The van der Waals surface area contributed by atoms with Crippen molar-refractivity contribution in [2.24, 2.45) is 5.92 Å². The van der Waals surface area contributed by atoms with Gasteiger partial charge in [-0.1, -0.05) is 68.1 Å². The minimum absolute atomic E-state index is 0.0333. The van der Waals surface area contributed by atoms with Crippen LogP contribution in [0.25, 0.3) is 10.9 Å². The first-order chi connectivity index (χ1) is 16.1. The number of unbranched alkanes of at least 4 members (excludes halogenated alkanes) is 1. The van der Waals surface area contributed by atoms with Gasteiger partial charge in [0.1, 0.15) is 0 Å². The van der Waals surface area contributed by atoms with Crippen molar-refractivity contribution in [2.75, 3.05) is 19.6 Å². The van der Waals surface area contributed by atoms with Crippen molar-refractivity contribution in [2.45, 2.75) is 58.5 Å². The highest BCUT2D eigenvalue weighted by molar-refractivity contribution is 6.30. The van der Waals surface area contributed by atoms with E-state index in [1.54, 1.807) is 0 Å². The lowest BCUT2D eigenvalue weighted by Crippen LogP contribution is -2.34. The number of likely N-dealkylation sites (tertiary alicyclic amines) is 1. The van der Waals surface area contributed by atoms with Crippen molar-refractivity contribution in [3.63, 3.8) is 0 Å². The Hall–Kier alpha value is -2.30. The van der Waals surface area contributed by atoms with Crippen molar-refractivity contribution >= 4 is 28.4 Å². The molecule has 1 amide bonds. The Morgan fingerprint density at radius 2 is 1.79 bits per heavy atom. The van der Waals surface area contributed by atoms with Gasteiger partial charge in [-0.25, -0.2) is 0 Å². The van der Waals surface area contributed by atoms with Gasteiger partial charge in [0.05, 0.1) is 5.56 Å². The highest BCUT2D eigenvalue weighted by Crippen LogP contribution is 2.24. The van der Waals surface area contributed by atoms with Crippen LogP contribution in [0.15, 0.2) is 54.7 Å². The topological polar surface area (TPSA) is 37.3 Å². The molecule has 0 radical (unpaired) electrons. The molecule has 1 saturated heterocycles. The van der Waals surface area contributed by atoms with E-state index in [9.17, 15) is 4.79 Å². The van der Waals surface area contributed by atoms with Gasteiger partial charge in [-0.3, -0.25) is 4.79 Å². The number of benzene rings is 2. The third-order valence-corrected chi connectivity index (χ3v) is 7.20. The van der Waals surface area contributed by atoms with Crippen LogP contribution >= 0.6 is 11.6 Å². The first-order valence-electron chi connectivity index (χ1n) is 12.5. The lowest BCUT2D eigenvalue weighted by Gasteiger charge is -2.32. The molecule has 0 atom stereocenters. The third kappa shape index (κ3) is 6.39. The number of rotatable bonds is 10. The highest BCUT2D eigenvalue weighted by atomic mass is 35.5. The number of hydrogen-bond acceptors (Lipinski definition) is 2. The monoisotopic (exact) mass is 465 g/mol. The average molecular weight is 466 g/mol. The molecule has 3 aromatic rings. The number of piperidine rings is 1. The van der Waals surface area contributed by atoms with Crippen LogP contribution in [-0.2, 0) is 13.1 Å². The zero-order valence-electron chi connectivity index (χ0n) is 19.7. The van der Waals surface area contributed by atoms with Gasteiger partial charge in [0, 0.05) is 35.2 Å². The molecule has 4 rings (SSSR count). The minimum atomic E-state index is -0.0333. The zero-order chi connectivity index (χ0) is 23.0. The van der Waals surface area contributed by atoms with E-state index in [4.69, 9.17) is 11.6 Å². The summed E-state index contributed by atoms with van der Waals surface area (Å²) in [4.78, 5) is 15.6. The molecule has 2 aromatic carbocycles. The lowest BCUT2D eigenvalue weighted by molar-refractivity contribution is 0.0952. The molecule has 5 heteroatoms. The van der Waals surface area contributed by atoms with Crippen LogP contribution in [0.1, 0.15) is 61.4 Å². The zero-order valence-corrected chi connectivity index (χ0v) is 20.5. The van der Waals surface area contributed by atoms with E-state index in [1.165, 1.54) is 45.2 Å². The quantitative estimate of drug-likeness (QED) is 0.370. The van der Waals surface area contributed by atoms with Gasteiger partial charge in [-0.15, -0.1) is 0 Å². The second-order valence-corrected chi connectivity index (χ2v) is 9.78. The maximum atomic E-state index is 13.0. The molecule has 0 aliphatic carbocycles. The fraction of sp³-hybridized carbons (Fsp3) is 0.464. The van der Waals surface area contributed by atoms with Gasteiger partial charge < -0.3 is 14.8 Å². The van der Waals surface area contributed by atoms with Crippen LogP contribution in [0, 0.1) is 5.92 Å². The van der Waals surface area contributed by atoms with Crippen LogP contribution in [0.2, 0.25) is 5.02 Å². The Morgan fingerprint density at radius 3 is 2.55 bits per heavy atom. The number of carbonyl (C=O) groups excluding carboxylic acids is 1. The van der Waals surface area contributed by atoms with E-state index in [0.29, 0.717) is 11.6 Å². The van der Waals surface area contributed by atoms with Crippen molar-refractivity contribution in [3.05, 3.63) is 70.9 Å². The van der Waals surface area contributed by atoms with Crippen LogP contribution < -0.4 is 5.32 Å². The number of amides is 1. The van der Waals surface area contributed by atoms with Gasteiger partial charge in [-0.2, -0.15) is 0 Å². The molecule has 1 N–H and O–H groups in total. The molecule has 0 spiro atoms. The summed E-state index contributed by atoms with van der Waals surface area (Å²) in [6, 6.07) is 15.8. The fourth-order valence-electron chi connectivity index (χ4n) is 4.95. The third-order valence-electron chi connectivity index (χ3n) is 6.95. The number of nitrogens with zero attached hydrogens (tertiary/aromatic N) is 2. The van der Waals surface area contributed by atoms with Crippen molar-refractivity contribution in [1.29, 1.82) is 0 Å². The van der Waals surface area contributed by atoms with Crippen LogP contribution in [0.4, 0.5) is 0 Å². The highest BCUT2D eigenvalue weighted by Gasteiger charge is 2.19. The van der Waals surface area contributed by atoms with Crippen molar-refractivity contribution in [3.8, 4) is 0 Å². The molecule has 176 valence electrons. The van der Waals surface area contributed by atoms with Crippen LogP contribution in [0.3, 0.4) is 0 Å². The Kier molecular flexibility index (Phi) is 8.46. The summed E-state index contributed by atoms with van der Waals surface area (Å²) in [5, 5.41) is 4.78. The normalized spacial score (nSPS) is 15.2. The van der Waals surface area contributed by atoms with E-state index in [1.807, 2.05) is 42.6 Å². The predicted octanol–water partition coefficient (Wildman–Crippen LogP) is 6.52. The van der Waals surface area contributed by atoms with E-state index in [0.717, 1.165) is 47.5 Å². The second kappa shape index (κ2) is 11.7. The lowest BCUT2D eigenvalue weighted by atomic mass is 9.91. The Balaban J connectivity index is 1.33. The standard InChI is InChI=1S/C28H36ClN3O/c1-2-3-7-22-14-18-31(19-15-22)16-6-17-32-21-26(25-8-4-5-9-27(25)32)28(33)30-20-23-10-12-24(29)13-11-23/h4-5,8-13,21-22H,2-3,6-7,14-20H2,1H3,(H,30,33). The molecule has 1 aromatic heterocycles. The summed E-state index contributed by atoms with van der Waals surface area (Å²) < 4.78 is 2.25. The summed E-state index contributed by atoms with van der Waals surface area (Å²) in [5.74, 6) is 0.901. The molecule has 4 nitrogen and oxygen atoms in total. The number of para-hydroxylation sites is 1. The van der Waals surface area contributed by atoms with E-state index >= 15 is 0 Å². The molecule has 1 aliphatic rings. The molecule has 1 fully saturated rings. The number of halogens is 1. The summed E-state index contributed by atoms with van der Waals surface area (Å²) in [7, 11) is 0.